The van der Waals surface area contributed by atoms with Crippen LogP contribution in [-0.2, 0) is 16.0 Å². The molecule has 3 aliphatic rings. The molecule has 2 aromatic carbocycles. The zero-order valence-electron chi connectivity index (χ0n) is 22.5. The van der Waals surface area contributed by atoms with Crippen LogP contribution in [0.25, 0.3) is 11.0 Å². The second-order valence-corrected chi connectivity index (χ2v) is 12.9. The lowest BCUT2D eigenvalue weighted by Crippen LogP contribution is -2.45. The molecule has 40 heavy (non-hydrogen) atoms. The Bertz CT molecular complexity index is 1570. The van der Waals surface area contributed by atoms with E-state index in [0.717, 1.165) is 48.7 Å². The molecule has 2 saturated carbocycles. The molecule has 0 aliphatic heterocycles. The van der Waals surface area contributed by atoms with E-state index in [-0.39, 0.29) is 22.9 Å². The smallest absolute Gasteiger partial charge is 0.302 e. The molecule has 6 rings (SSSR count). The molecule has 3 aliphatic carbocycles. The fourth-order valence-corrected chi connectivity index (χ4v) is 7.93. The average molecular weight is 623 g/mol. The van der Waals surface area contributed by atoms with Crippen molar-refractivity contribution in [1.29, 1.82) is 0 Å². The second kappa shape index (κ2) is 10.7. The van der Waals surface area contributed by atoms with E-state index < -0.39 is 0 Å². The van der Waals surface area contributed by atoms with E-state index >= 15 is 0 Å². The van der Waals surface area contributed by atoms with Crippen molar-refractivity contribution >= 4 is 62.1 Å². The van der Waals surface area contributed by atoms with Gasteiger partial charge in [0.2, 0.25) is 5.43 Å². The lowest BCUT2D eigenvalue weighted by Gasteiger charge is -2.50. The van der Waals surface area contributed by atoms with Crippen molar-refractivity contribution in [3.63, 3.8) is 0 Å². The average Bonchev–Trinajstić information content (AvgIpc) is 3.25. The van der Waals surface area contributed by atoms with Crippen LogP contribution < -0.4 is 16.2 Å². The van der Waals surface area contributed by atoms with Crippen LogP contribution in [0.4, 0.5) is 5.69 Å². The first-order valence-electron chi connectivity index (χ1n) is 13.8. The molecule has 0 saturated heterocycles. The summed E-state index contributed by atoms with van der Waals surface area (Å²) in [6, 6.07) is 11.7. The lowest BCUT2D eigenvalue weighted by molar-refractivity contribution is -0.154. The van der Waals surface area contributed by atoms with Gasteiger partial charge in [-0.2, -0.15) is 5.10 Å². The highest BCUT2D eigenvalue weighted by Gasteiger charge is 2.56. The number of ether oxygens (including phenoxy) is 1. The van der Waals surface area contributed by atoms with Crippen molar-refractivity contribution in [2.24, 2.45) is 22.4 Å². The SMILES string of the molecule is CC(=O)O[C@H]1CC[C@H]2[C@@H]3CCc4cc5occ(/C=N/NC(=S)Nc6ccc(Br)cc6)c(=O)c5cc4[C@H]3CC[C@]12C. The Morgan fingerprint density at radius 3 is 2.77 bits per heavy atom. The molecule has 0 bridgehead atoms. The van der Waals surface area contributed by atoms with Crippen LogP contribution in [0.5, 0.6) is 0 Å². The monoisotopic (exact) mass is 621 g/mol. The zero-order valence-corrected chi connectivity index (χ0v) is 24.9. The van der Waals surface area contributed by atoms with Crippen molar-refractivity contribution in [2.45, 2.75) is 64.4 Å². The normalized spacial score (nSPS) is 27.1. The van der Waals surface area contributed by atoms with Gasteiger partial charge in [0.1, 0.15) is 18.0 Å². The number of esters is 1. The summed E-state index contributed by atoms with van der Waals surface area (Å²) in [6.07, 6.45) is 9.09. The van der Waals surface area contributed by atoms with E-state index in [4.69, 9.17) is 21.4 Å². The number of nitrogens with zero attached hydrogens (tertiary/aromatic N) is 1. The first-order valence-corrected chi connectivity index (χ1v) is 15.0. The molecular formula is C31H32BrN3O4S. The van der Waals surface area contributed by atoms with Crippen LogP contribution in [0.1, 0.15) is 68.6 Å². The van der Waals surface area contributed by atoms with Gasteiger partial charge in [-0.3, -0.25) is 15.0 Å². The quantitative estimate of drug-likeness (QED) is 0.145. The molecule has 9 heteroatoms. The molecule has 5 atom stereocenters. The number of anilines is 1. The fraction of sp³-hybridized carbons (Fsp3) is 0.419. The highest BCUT2D eigenvalue weighted by molar-refractivity contribution is 9.10. The summed E-state index contributed by atoms with van der Waals surface area (Å²) in [6.45, 7) is 3.83. The Morgan fingerprint density at radius 2 is 2.00 bits per heavy atom. The maximum absolute atomic E-state index is 13.5. The Morgan fingerprint density at radius 1 is 1.20 bits per heavy atom. The first-order chi connectivity index (χ1) is 19.2. The number of rotatable bonds is 4. The number of benzene rings is 2. The third kappa shape index (κ3) is 4.98. The van der Waals surface area contributed by atoms with E-state index in [0.29, 0.717) is 39.4 Å². The molecule has 0 unspecified atom stereocenters. The van der Waals surface area contributed by atoms with Gasteiger partial charge in [0, 0.05) is 22.5 Å². The predicted molar refractivity (Wildman–Crippen MR) is 164 cm³/mol. The third-order valence-corrected chi connectivity index (χ3v) is 10.1. The van der Waals surface area contributed by atoms with E-state index in [1.807, 2.05) is 24.3 Å². The van der Waals surface area contributed by atoms with Crippen LogP contribution in [0.15, 0.2) is 61.4 Å². The number of hydrogen-bond acceptors (Lipinski definition) is 6. The molecular weight excluding hydrogens is 590 g/mol. The number of aryl methyl sites for hydroxylation is 1. The molecule has 3 aromatic rings. The van der Waals surface area contributed by atoms with Gasteiger partial charge in [0.05, 0.1) is 17.2 Å². The minimum absolute atomic E-state index is 0.00870. The van der Waals surface area contributed by atoms with Gasteiger partial charge in [-0.1, -0.05) is 22.9 Å². The van der Waals surface area contributed by atoms with E-state index in [9.17, 15) is 9.59 Å². The second-order valence-electron chi connectivity index (χ2n) is 11.5. The summed E-state index contributed by atoms with van der Waals surface area (Å²) >= 11 is 8.72. The van der Waals surface area contributed by atoms with E-state index in [2.05, 4.69) is 50.8 Å². The number of carbonyl (C=O) groups is 1. The van der Waals surface area contributed by atoms with Gasteiger partial charge < -0.3 is 14.5 Å². The summed E-state index contributed by atoms with van der Waals surface area (Å²) < 4.78 is 12.7. The van der Waals surface area contributed by atoms with E-state index in [1.54, 1.807) is 0 Å². The maximum Gasteiger partial charge on any atom is 0.302 e. The van der Waals surface area contributed by atoms with Crippen molar-refractivity contribution in [3.8, 4) is 0 Å². The van der Waals surface area contributed by atoms with Crippen molar-refractivity contribution < 1.29 is 13.9 Å². The lowest BCUT2D eigenvalue weighted by atomic mass is 9.55. The number of halogens is 1. The standard InChI is InChI=1S/C31H32BrN3O4S/c1-17(36)39-28-10-9-26-23-8-3-18-13-27-25(14-24(18)22(23)11-12-31(26,28)2)29(37)19(16-38-27)15-33-35-30(40)34-21-6-4-20(32)5-7-21/h4-7,13-16,22-23,26,28H,3,8-12H2,1-2H3,(H2,34,35,40)/b33-15+/t22-,23+,26-,28-,31-/m0/s1. The number of hydrogen-bond donors (Lipinski definition) is 2. The zero-order chi connectivity index (χ0) is 28.0. The summed E-state index contributed by atoms with van der Waals surface area (Å²) in [7, 11) is 0. The van der Waals surface area contributed by atoms with Crippen LogP contribution in [0.2, 0.25) is 0 Å². The van der Waals surface area contributed by atoms with E-state index in [1.165, 1.54) is 30.5 Å². The van der Waals surface area contributed by atoms with Gasteiger partial charge in [-0.25, -0.2) is 0 Å². The molecule has 7 nitrogen and oxygen atoms in total. The van der Waals surface area contributed by atoms with Gasteiger partial charge in [0.15, 0.2) is 5.11 Å². The first kappa shape index (κ1) is 27.1. The topological polar surface area (TPSA) is 92.9 Å². The van der Waals surface area contributed by atoms with Crippen LogP contribution in [-0.4, -0.2) is 23.4 Å². The maximum atomic E-state index is 13.5. The summed E-state index contributed by atoms with van der Waals surface area (Å²) in [5.74, 6) is 1.28. The van der Waals surface area contributed by atoms with Crippen LogP contribution in [0, 0.1) is 17.3 Å². The molecule has 2 fully saturated rings. The molecule has 208 valence electrons. The Labute approximate surface area is 246 Å². The number of carbonyl (C=O) groups excluding carboxylic acids is 1. The van der Waals surface area contributed by atoms with Gasteiger partial charge >= 0.3 is 5.97 Å². The van der Waals surface area contributed by atoms with Crippen LogP contribution >= 0.6 is 28.1 Å². The van der Waals surface area contributed by atoms with Crippen molar-refractivity contribution in [3.05, 3.63) is 74.0 Å². The van der Waals surface area contributed by atoms with Gasteiger partial charge in [-0.15, -0.1) is 0 Å². The number of fused-ring (bicyclic) bond motifs is 6. The molecule has 1 heterocycles. The Kier molecular flexibility index (Phi) is 7.29. The highest BCUT2D eigenvalue weighted by atomic mass is 79.9. The number of thiocarbonyl (C=S) groups is 1. The highest BCUT2D eigenvalue weighted by Crippen LogP contribution is 2.61. The summed E-state index contributed by atoms with van der Waals surface area (Å²) in [5.41, 5.74) is 7.03. The van der Waals surface area contributed by atoms with Crippen LogP contribution in [0.3, 0.4) is 0 Å². The minimum Gasteiger partial charge on any atom is -0.463 e. The Hall–Kier alpha value is -3.04. The fourth-order valence-electron chi connectivity index (χ4n) is 7.50. The number of hydrazone groups is 1. The van der Waals surface area contributed by atoms with Crippen molar-refractivity contribution in [2.75, 3.05) is 5.32 Å². The predicted octanol–water partition coefficient (Wildman–Crippen LogP) is 6.66. The minimum atomic E-state index is -0.182. The molecule has 2 N–H and O–H groups in total. The Balaban J connectivity index is 1.22. The summed E-state index contributed by atoms with van der Waals surface area (Å²) in [5, 5.41) is 8.11. The molecule has 1 aromatic heterocycles. The van der Waals surface area contributed by atoms with Crippen molar-refractivity contribution in [1.82, 2.24) is 5.43 Å². The molecule has 0 radical (unpaired) electrons. The third-order valence-electron chi connectivity index (χ3n) is 9.34. The summed E-state index contributed by atoms with van der Waals surface area (Å²) in [4.78, 5) is 25.2. The molecule has 0 amide bonds. The van der Waals surface area contributed by atoms with Gasteiger partial charge in [-0.05, 0) is 116 Å². The number of nitrogens with one attached hydrogen (secondary N) is 2. The van der Waals surface area contributed by atoms with Gasteiger partial charge in [0.25, 0.3) is 0 Å². The largest absolute Gasteiger partial charge is 0.463 e. The molecule has 0 spiro atoms.